The molecular weight excluding hydrogens is 1120 g/mol. The first-order valence-electron chi connectivity index (χ1n) is 30.6. The average Bonchev–Trinajstić information content (AvgIpc) is 3.38. The van der Waals surface area contributed by atoms with E-state index in [0.717, 1.165) is 37.0 Å². The van der Waals surface area contributed by atoms with Crippen molar-refractivity contribution in [2.75, 3.05) is 37.0 Å². The molecule has 0 unspecified atom stereocenters. The second kappa shape index (κ2) is 47.2. The van der Waals surface area contributed by atoms with Gasteiger partial charge in [0.05, 0.1) is 42.4 Å². The summed E-state index contributed by atoms with van der Waals surface area (Å²) in [5.74, 6) is -3.46. The summed E-state index contributed by atoms with van der Waals surface area (Å²) in [6.45, 7) is 13.7. The third-order valence-electron chi connectivity index (χ3n) is 14.8. The van der Waals surface area contributed by atoms with Crippen LogP contribution in [0.4, 0.5) is 13.2 Å². The molecule has 3 aromatic rings. The summed E-state index contributed by atoms with van der Waals surface area (Å²) in [7, 11) is -3.27. The van der Waals surface area contributed by atoms with Crippen LogP contribution in [-0.4, -0.2) is 63.8 Å². The molecule has 3 N–H and O–H groups in total. The summed E-state index contributed by atoms with van der Waals surface area (Å²) in [4.78, 5) is 45.7. The Morgan fingerprint density at radius 1 is 0.440 bits per heavy atom. The van der Waals surface area contributed by atoms with Gasteiger partial charge in [-0.3, -0.25) is 14.6 Å². The van der Waals surface area contributed by atoms with Crippen molar-refractivity contribution < 1.29 is 86.7 Å². The zero-order valence-electron chi connectivity index (χ0n) is 48.6. The van der Waals surface area contributed by atoms with Gasteiger partial charge in [0, 0.05) is 54.8 Å². The number of Topliss-reactive ketones (excluding diaryl/α,β-unsaturated/α-hetero) is 1. The van der Waals surface area contributed by atoms with Crippen molar-refractivity contribution in [3.05, 3.63) is 52.4 Å². The van der Waals surface area contributed by atoms with Crippen LogP contribution in [0.2, 0.25) is 0 Å². The van der Waals surface area contributed by atoms with Crippen LogP contribution in [0.5, 0.6) is 5.75 Å². The van der Waals surface area contributed by atoms with E-state index in [4.69, 9.17) is 4.42 Å². The number of unbranched alkanes of at least 4 members (excludes halogenated alkanes) is 30. The number of hydrogen-bond acceptors (Lipinski definition) is 6. The normalized spacial score (nSPS) is 11.8. The van der Waals surface area contributed by atoms with Crippen molar-refractivity contribution in [3.63, 3.8) is 0 Å². The Labute approximate surface area is 498 Å². The van der Waals surface area contributed by atoms with Crippen molar-refractivity contribution >= 4 is 42.5 Å². The summed E-state index contributed by atoms with van der Waals surface area (Å²) >= 11 is 0. The summed E-state index contributed by atoms with van der Waals surface area (Å²) in [5, 5.41) is 10.9. The molecule has 0 aliphatic carbocycles. The third-order valence-corrected chi connectivity index (χ3v) is 21.7. The van der Waals surface area contributed by atoms with E-state index in [0.29, 0.717) is 10.8 Å². The van der Waals surface area contributed by atoms with Crippen LogP contribution in [0.25, 0.3) is 21.7 Å². The minimum absolute atomic E-state index is 0. The third kappa shape index (κ3) is 35.1. The monoisotopic (exact) mass is 1240 g/mol. The quantitative estimate of drug-likeness (QED) is 0.0171. The fraction of sp³-hybridized carbons (Fsp3) is 0.778. The largest absolute Gasteiger partial charge is 0.506 e. The van der Waals surface area contributed by atoms with Crippen LogP contribution in [0, 0.1) is 49.4 Å². The maximum atomic E-state index is 12.5. The number of alkyl halides is 3. The molecule has 0 amide bonds. The molecule has 0 fully saturated rings. The topological polar surface area (TPSA) is 108 Å². The van der Waals surface area contributed by atoms with Crippen LogP contribution in [0.1, 0.15) is 283 Å². The van der Waals surface area contributed by atoms with Crippen molar-refractivity contribution in [3.8, 4) is 5.75 Å². The molecule has 435 valence electrons. The zero-order chi connectivity index (χ0) is 54.8. The Hall–Kier alpha value is -0.466. The number of halogens is 3. The van der Waals surface area contributed by atoms with Crippen molar-refractivity contribution in [2.45, 2.75) is 279 Å². The molecule has 6 nitrogen and oxygen atoms in total. The summed E-state index contributed by atoms with van der Waals surface area (Å²) in [5.41, 5.74) is -3.00. The number of ketones is 1. The van der Waals surface area contributed by atoms with Gasteiger partial charge in [-0.05, 0) is 88.5 Å². The Balaban J connectivity index is 0.00000109. The Bertz CT molecular complexity index is 1760. The number of carbonyl (C=O) groups excluding carboxylic acids is 1. The molecule has 1 heterocycles. The summed E-state index contributed by atoms with van der Waals surface area (Å²) in [6.07, 6.45) is 50.2. The molecule has 3 rings (SSSR count). The van der Waals surface area contributed by atoms with E-state index in [2.05, 4.69) is 41.5 Å². The van der Waals surface area contributed by atoms with E-state index in [1.54, 1.807) is 30.3 Å². The Morgan fingerprint density at radius 3 is 1.01 bits per heavy atom. The van der Waals surface area contributed by atoms with Gasteiger partial charge in [-0.2, -0.15) is 13.2 Å². The van der Waals surface area contributed by atoms with Gasteiger partial charge in [0.1, 0.15) is 26.3 Å². The van der Waals surface area contributed by atoms with Gasteiger partial charge in [-0.1, -0.05) is 226 Å². The first-order chi connectivity index (χ1) is 35.7. The second-order valence-electron chi connectivity index (χ2n) is 21.7. The van der Waals surface area contributed by atoms with Crippen molar-refractivity contribution in [2.24, 2.45) is 0 Å². The smallest absolute Gasteiger partial charge is 0.455 e. The Kier molecular flexibility index (Phi) is 46.9. The van der Waals surface area contributed by atoms with Crippen LogP contribution < -0.4 is 5.63 Å². The second-order valence-corrected chi connectivity index (χ2v) is 28.8. The zero-order valence-corrected chi connectivity index (χ0v) is 52.8. The molecule has 0 bridgehead atoms. The van der Waals surface area contributed by atoms with E-state index in [9.17, 15) is 37.7 Å². The standard InChI is InChI=1S/2C24H52OP.C15H7F3O4.Eu/c2*1-4-7-10-13-16-19-22-26(25,23-20-17-14-11-8-5-2)24-21-18-15-12-9-6-3;16-15(17,18)13(20)10-11(19)9-6-5-7-3-1-2-4-8(7)12(9)22-14(10)21;/h2*25H,4-24H2,1-3H3;1-6,19H;/q2*+1;;. The minimum Gasteiger partial charge on any atom is -0.506 e. The van der Waals surface area contributed by atoms with E-state index in [1.807, 2.05) is 0 Å². The Morgan fingerprint density at radius 2 is 0.720 bits per heavy atom. The van der Waals surface area contributed by atoms with E-state index in [-0.39, 0.29) is 60.3 Å². The van der Waals surface area contributed by atoms with Gasteiger partial charge >= 0.3 is 11.8 Å². The molecule has 0 atom stereocenters. The molecule has 12 heteroatoms. The number of hydrogen-bond donors (Lipinski definition) is 3. The van der Waals surface area contributed by atoms with Crippen molar-refractivity contribution in [1.82, 2.24) is 0 Å². The number of fused-ring (bicyclic) bond motifs is 3. The first-order valence-corrected chi connectivity index (χ1v) is 35.2. The summed E-state index contributed by atoms with van der Waals surface area (Å²) < 4.78 is 42.4. The molecule has 0 saturated carbocycles. The van der Waals surface area contributed by atoms with Crippen LogP contribution in [-0.2, 0) is 0 Å². The molecule has 0 aliphatic rings. The van der Waals surface area contributed by atoms with Crippen molar-refractivity contribution in [1.29, 1.82) is 0 Å². The molecule has 2 aromatic carbocycles. The van der Waals surface area contributed by atoms with Gasteiger partial charge in [0.15, 0.2) is 5.56 Å². The average molecular weight is 1240 g/mol. The summed E-state index contributed by atoms with van der Waals surface area (Å²) in [6, 6.07) is 9.51. The molecule has 0 aliphatic heterocycles. The van der Waals surface area contributed by atoms with Gasteiger partial charge in [-0.25, -0.2) is 4.79 Å². The van der Waals surface area contributed by atoms with Gasteiger partial charge in [-0.15, -0.1) is 0 Å². The molecule has 0 saturated heterocycles. The fourth-order valence-electron chi connectivity index (χ4n) is 10.0. The minimum atomic E-state index is -5.28. The van der Waals surface area contributed by atoms with E-state index in [1.165, 1.54) is 237 Å². The van der Waals surface area contributed by atoms with E-state index >= 15 is 0 Å². The van der Waals surface area contributed by atoms with Gasteiger partial charge in [0.2, 0.25) is 0 Å². The first kappa shape index (κ1) is 74.5. The number of carbonyl (C=O) groups is 1. The molecule has 75 heavy (non-hydrogen) atoms. The number of rotatable bonds is 43. The number of benzene rings is 2. The molecule has 1 radical (unpaired) electrons. The molecular formula is C63H111EuF3O6P2+2. The predicted octanol–water partition coefficient (Wildman–Crippen LogP) is 21.4. The maximum Gasteiger partial charge on any atom is 0.455 e. The maximum absolute atomic E-state index is 12.5. The van der Waals surface area contributed by atoms with Gasteiger partial charge < -0.3 is 9.52 Å². The van der Waals surface area contributed by atoms with Crippen LogP contribution in [0.15, 0.2) is 45.6 Å². The molecule has 0 spiro atoms. The van der Waals surface area contributed by atoms with E-state index < -0.39 is 43.9 Å². The van der Waals surface area contributed by atoms with Gasteiger partial charge in [0.25, 0.3) is 5.78 Å². The fourth-order valence-corrected chi connectivity index (χ4v) is 16.3. The molecule has 1 aromatic heterocycles. The predicted molar refractivity (Wildman–Crippen MR) is 320 cm³/mol. The SMILES string of the molecule is CCCCCCCC[P+](O)(CCCCCCCC)CCCCCCCC.CCCCCCCC[P+](O)(CCCCCCCC)CCCCCCCC.O=C(c1c(O)c2ccc3ccccc3c2oc1=O)C(F)(F)F.[Eu]. The number of aromatic hydroxyl groups is 1. The van der Waals surface area contributed by atoms with Crippen LogP contribution >= 0.6 is 15.0 Å². The van der Waals surface area contributed by atoms with Crippen LogP contribution in [0.3, 0.4) is 0 Å².